The molecule has 0 radical (unpaired) electrons. The molecule has 0 spiro atoms. The van der Waals surface area contributed by atoms with Gasteiger partial charge in [0.2, 0.25) is 0 Å². The zero-order valence-electron chi connectivity index (χ0n) is 13.1. The molecule has 0 aliphatic carbocycles. The summed E-state index contributed by atoms with van der Waals surface area (Å²) in [5, 5.41) is 0.796. The van der Waals surface area contributed by atoms with Gasteiger partial charge < -0.3 is 9.47 Å². The number of piperazine rings is 1. The van der Waals surface area contributed by atoms with Crippen LogP contribution in [0.4, 0.5) is 4.39 Å². The van der Waals surface area contributed by atoms with E-state index in [1.165, 1.54) is 0 Å². The van der Waals surface area contributed by atoms with Gasteiger partial charge in [0, 0.05) is 50.3 Å². The fourth-order valence-corrected chi connectivity index (χ4v) is 3.14. The zero-order valence-corrected chi connectivity index (χ0v) is 13.1. The lowest BCUT2D eigenvalue weighted by molar-refractivity contribution is 0.148. The van der Waals surface area contributed by atoms with Gasteiger partial charge in [-0.1, -0.05) is 6.07 Å². The largest absolute Gasteiger partial charge is 0.345 e. The van der Waals surface area contributed by atoms with E-state index in [0.29, 0.717) is 6.04 Å². The predicted octanol–water partition coefficient (Wildman–Crippen LogP) is 3.11. The molecule has 0 amide bonds. The van der Waals surface area contributed by atoms with Gasteiger partial charge in [-0.15, -0.1) is 0 Å². The summed E-state index contributed by atoms with van der Waals surface area (Å²) in [6.07, 6.45) is 2.14. The maximum atomic E-state index is 14.3. The Bertz CT molecular complexity index is 624. The quantitative estimate of drug-likeness (QED) is 0.860. The molecule has 1 aromatic heterocycles. The van der Waals surface area contributed by atoms with E-state index in [0.717, 1.165) is 49.2 Å². The Morgan fingerprint density at radius 1 is 1.14 bits per heavy atom. The first-order valence-corrected chi connectivity index (χ1v) is 7.75. The van der Waals surface area contributed by atoms with Crippen LogP contribution in [0.15, 0.2) is 24.4 Å². The van der Waals surface area contributed by atoms with Crippen molar-refractivity contribution in [1.29, 1.82) is 0 Å². The number of rotatable bonds is 3. The number of likely N-dealkylation sites (N-methyl/N-ethyl adjacent to an activating group) is 1. The number of fused-ring (bicyclic) bond motifs is 1. The van der Waals surface area contributed by atoms with Crippen molar-refractivity contribution in [3.05, 3.63) is 35.8 Å². The van der Waals surface area contributed by atoms with Crippen molar-refractivity contribution in [1.82, 2.24) is 14.4 Å². The Labute approximate surface area is 125 Å². The number of nitrogens with zero attached hydrogens (tertiary/aromatic N) is 3. The van der Waals surface area contributed by atoms with E-state index in [2.05, 4.69) is 41.5 Å². The summed E-state index contributed by atoms with van der Waals surface area (Å²) in [6.45, 7) is 9.41. The molecule has 2 aromatic rings. The zero-order chi connectivity index (χ0) is 15.0. The normalized spacial score (nSPS) is 18.0. The van der Waals surface area contributed by atoms with E-state index >= 15 is 0 Å². The predicted molar refractivity (Wildman–Crippen MR) is 85.1 cm³/mol. The Morgan fingerprint density at radius 3 is 2.52 bits per heavy atom. The van der Waals surface area contributed by atoms with Crippen LogP contribution in [0.5, 0.6) is 0 Å². The monoisotopic (exact) mass is 289 g/mol. The van der Waals surface area contributed by atoms with Crippen molar-refractivity contribution in [2.24, 2.45) is 0 Å². The smallest absolute Gasteiger partial charge is 0.132 e. The standard InChI is InChI=1S/C17H24FN3/c1-13(2)21-12-14(11-20-9-7-19(3)8-10-20)17-15(18)5-4-6-16(17)21/h4-6,12-13H,7-11H2,1-3H3. The number of hydrogen-bond donors (Lipinski definition) is 0. The lowest BCUT2D eigenvalue weighted by Gasteiger charge is -2.32. The highest BCUT2D eigenvalue weighted by atomic mass is 19.1. The van der Waals surface area contributed by atoms with Crippen LogP contribution >= 0.6 is 0 Å². The van der Waals surface area contributed by atoms with Crippen molar-refractivity contribution in [3.8, 4) is 0 Å². The van der Waals surface area contributed by atoms with Gasteiger partial charge in [0.15, 0.2) is 0 Å². The van der Waals surface area contributed by atoms with E-state index in [4.69, 9.17) is 0 Å². The molecule has 114 valence electrons. The van der Waals surface area contributed by atoms with Crippen molar-refractivity contribution in [3.63, 3.8) is 0 Å². The summed E-state index contributed by atoms with van der Waals surface area (Å²) in [6, 6.07) is 5.73. The third kappa shape index (κ3) is 2.83. The van der Waals surface area contributed by atoms with Crippen molar-refractivity contribution >= 4 is 10.9 Å². The highest BCUT2D eigenvalue weighted by Crippen LogP contribution is 2.28. The molecule has 21 heavy (non-hydrogen) atoms. The average Bonchev–Trinajstić information content (AvgIpc) is 2.82. The second-order valence-corrected chi connectivity index (χ2v) is 6.37. The Balaban J connectivity index is 1.94. The minimum absolute atomic E-state index is 0.101. The minimum Gasteiger partial charge on any atom is -0.345 e. The van der Waals surface area contributed by atoms with Gasteiger partial charge in [-0.3, -0.25) is 4.90 Å². The van der Waals surface area contributed by atoms with Crippen molar-refractivity contribution < 1.29 is 4.39 Å². The van der Waals surface area contributed by atoms with Gasteiger partial charge in [0.1, 0.15) is 5.82 Å². The molecule has 1 fully saturated rings. The van der Waals surface area contributed by atoms with Gasteiger partial charge in [-0.2, -0.15) is 0 Å². The summed E-state index contributed by atoms with van der Waals surface area (Å²) in [5.41, 5.74) is 2.12. The molecule has 2 heterocycles. The third-order valence-corrected chi connectivity index (χ3v) is 4.43. The Hall–Kier alpha value is -1.39. The molecule has 3 nitrogen and oxygen atoms in total. The summed E-state index contributed by atoms with van der Waals surface area (Å²) in [4.78, 5) is 4.76. The Morgan fingerprint density at radius 2 is 1.86 bits per heavy atom. The van der Waals surface area contributed by atoms with Crippen molar-refractivity contribution in [2.45, 2.75) is 26.4 Å². The molecule has 1 saturated heterocycles. The van der Waals surface area contributed by atoms with Crippen LogP contribution in [-0.4, -0.2) is 47.6 Å². The van der Waals surface area contributed by atoms with Crippen LogP contribution in [0.3, 0.4) is 0 Å². The SMILES string of the molecule is CC(C)n1cc(CN2CCN(C)CC2)c2c(F)cccc21. The van der Waals surface area contributed by atoms with Crippen LogP contribution < -0.4 is 0 Å². The van der Waals surface area contributed by atoms with Gasteiger partial charge in [-0.25, -0.2) is 4.39 Å². The van der Waals surface area contributed by atoms with Gasteiger partial charge in [0.25, 0.3) is 0 Å². The van der Waals surface area contributed by atoms with E-state index < -0.39 is 0 Å². The minimum atomic E-state index is -0.101. The fourth-order valence-electron chi connectivity index (χ4n) is 3.14. The van der Waals surface area contributed by atoms with Crippen LogP contribution in [-0.2, 0) is 6.54 Å². The lowest BCUT2D eigenvalue weighted by Crippen LogP contribution is -2.43. The molecule has 3 rings (SSSR count). The molecule has 0 bridgehead atoms. The first-order chi connectivity index (χ1) is 10.1. The highest BCUT2D eigenvalue weighted by Gasteiger charge is 2.19. The number of benzene rings is 1. The topological polar surface area (TPSA) is 11.4 Å². The summed E-state index contributed by atoms with van der Waals surface area (Å²) in [7, 11) is 2.15. The summed E-state index contributed by atoms with van der Waals surface area (Å²) < 4.78 is 16.5. The van der Waals surface area contributed by atoms with Crippen molar-refractivity contribution in [2.75, 3.05) is 33.2 Å². The molecule has 0 saturated carbocycles. The first-order valence-electron chi connectivity index (χ1n) is 7.75. The van der Waals surface area contributed by atoms with Gasteiger partial charge in [-0.05, 0) is 38.6 Å². The number of halogens is 1. The second-order valence-electron chi connectivity index (χ2n) is 6.37. The second kappa shape index (κ2) is 5.78. The molecular weight excluding hydrogens is 265 g/mol. The van der Waals surface area contributed by atoms with Crippen LogP contribution in [0, 0.1) is 5.82 Å². The highest BCUT2D eigenvalue weighted by molar-refractivity contribution is 5.84. The molecule has 0 atom stereocenters. The van der Waals surface area contributed by atoms with Crippen LogP contribution in [0.1, 0.15) is 25.5 Å². The maximum Gasteiger partial charge on any atom is 0.132 e. The summed E-state index contributed by atoms with van der Waals surface area (Å²) >= 11 is 0. The number of aromatic nitrogens is 1. The third-order valence-electron chi connectivity index (χ3n) is 4.43. The van der Waals surface area contributed by atoms with E-state index in [-0.39, 0.29) is 5.82 Å². The molecule has 1 aromatic carbocycles. The van der Waals surface area contributed by atoms with Gasteiger partial charge >= 0.3 is 0 Å². The fraction of sp³-hybridized carbons (Fsp3) is 0.529. The van der Waals surface area contributed by atoms with E-state index in [1.54, 1.807) is 12.1 Å². The molecule has 0 N–H and O–H groups in total. The van der Waals surface area contributed by atoms with Crippen LogP contribution in [0.2, 0.25) is 0 Å². The molecule has 0 unspecified atom stereocenters. The first kappa shape index (κ1) is 14.5. The lowest BCUT2D eigenvalue weighted by atomic mass is 10.1. The molecule has 1 aliphatic rings. The van der Waals surface area contributed by atoms with E-state index in [1.807, 2.05) is 6.07 Å². The number of hydrogen-bond acceptors (Lipinski definition) is 2. The molecule has 4 heteroatoms. The molecule has 1 aliphatic heterocycles. The Kier molecular flexibility index (Phi) is 4.00. The summed E-state index contributed by atoms with van der Waals surface area (Å²) in [5.74, 6) is -0.101. The molecular formula is C17H24FN3. The average molecular weight is 289 g/mol. The van der Waals surface area contributed by atoms with Gasteiger partial charge in [0.05, 0.1) is 5.52 Å². The van der Waals surface area contributed by atoms with Crippen LogP contribution in [0.25, 0.3) is 10.9 Å². The van der Waals surface area contributed by atoms with E-state index in [9.17, 15) is 4.39 Å². The maximum absolute atomic E-state index is 14.3.